The lowest BCUT2D eigenvalue weighted by Gasteiger charge is -2.18. The highest BCUT2D eigenvalue weighted by Gasteiger charge is 2.19. The van der Waals surface area contributed by atoms with Gasteiger partial charge >= 0.3 is 17.9 Å². The van der Waals surface area contributed by atoms with E-state index < -0.39 is 6.10 Å². The molecule has 6 heteroatoms. The predicted octanol–water partition coefficient (Wildman–Crippen LogP) is 24.1. The maximum absolute atomic E-state index is 12.9. The van der Waals surface area contributed by atoms with Gasteiger partial charge in [-0.15, -0.1) is 0 Å². The molecule has 0 saturated heterocycles. The molecule has 0 amide bonds. The monoisotopic (exact) mass is 1110 g/mol. The Morgan fingerprint density at radius 3 is 0.696 bits per heavy atom. The van der Waals surface area contributed by atoms with Gasteiger partial charge in [0.25, 0.3) is 0 Å². The van der Waals surface area contributed by atoms with Crippen LogP contribution in [0.15, 0.2) is 48.6 Å². The molecule has 0 aromatic carbocycles. The first-order valence-corrected chi connectivity index (χ1v) is 35.1. The van der Waals surface area contributed by atoms with Crippen LogP contribution in [-0.4, -0.2) is 37.2 Å². The first-order valence-electron chi connectivity index (χ1n) is 35.1. The van der Waals surface area contributed by atoms with Gasteiger partial charge in [0.15, 0.2) is 6.10 Å². The van der Waals surface area contributed by atoms with Gasteiger partial charge in [0.1, 0.15) is 13.2 Å². The molecule has 0 aliphatic rings. The van der Waals surface area contributed by atoms with Crippen molar-refractivity contribution in [3.63, 3.8) is 0 Å². The van der Waals surface area contributed by atoms with Crippen LogP contribution < -0.4 is 0 Å². The summed E-state index contributed by atoms with van der Waals surface area (Å²) in [4.78, 5) is 38.3. The van der Waals surface area contributed by atoms with E-state index in [9.17, 15) is 14.4 Å². The van der Waals surface area contributed by atoms with Gasteiger partial charge in [-0.2, -0.15) is 0 Å². The zero-order valence-electron chi connectivity index (χ0n) is 53.2. The average Bonchev–Trinajstić information content (AvgIpc) is 3.45. The SMILES string of the molecule is CCCCCCC/C=C\C/C=C\CCCCCCCCCCCCCCCCCCCCCC(=O)OCC(COC(=O)CCCCCCCCCCC)OC(=O)CCCCCCCCCCC/C=C\C/C=C\CCCCCCC. The Labute approximate surface area is 492 Å². The number of ether oxygens (including phenoxy) is 3. The van der Waals surface area contributed by atoms with E-state index in [2.05, 4.69) is 69.4 Å². The molecule has 0 bridgehead atoms. The summed E-state index contributed by atoms with van der Waals surface area (Å²) < 4.78 is 16.9. The molecular formula is C73H134O6. The second-order valence-electron chi connectivity index (χ2n) is 23.8. The predicted molar refractivity (Wildman–Crippen MR) is 344 cm³/mol. The molecule has 0 aliphatic carbocycles. The number of unbranched alkanes of at least 4 members (excludes halogenated alkanes) is 46. The molecule has 0 heterocycles. The Bertz CT molecular complexity index is 1360. The lowest BCUT2D eigenvalue weighted by molar-refractivity contribution is -0.167. The van der Waals surface area contributed by atoms with Gasteiger partial charge in [-0.05, 0) is 83.5 Å². The molecule has 462 valence electrons. The third-order valence-corrected chi connectivity index (χ3v) is 15.8. The molecule has 0 spiro atoms. The van der Waals surface area contributed by atoms with E-state index in [1.165, 1.54) is 270 Å². The van der Waals surface area contributed by atoms with Gasteiger partial charge in [0, 0.05) is 19.3 Å². The summed E-state index contributed by atoms with van der Waals surface area (Å²) in [5, 5.41) is 0. The van der Waals surface area contributed by atoms with Crippen LogP contribution >= 0.6 is 0 Å². The summed E-state index contributed by atoms with van der Waals surface area (Å²) in [5.74, 6) is -0.853. The van der Waals surface area contributed by atoms with Crippen molar-refractivity contribution in [1.82, 2.24) is 0 Å². The summed E-state index contributed by atoms with van der Waals surface area (Å²) in [7, 11) is 0. The maximum atomic E-state index is 12.9. The summed E-state index contributed by atoms with van der Waals surface area (Å²) in [6, 6.07) is 0. The minimum Gasteiger partial charge on any atom is -0.462 e. The number of carbonyl (C=O) groups excluding carboxylic acids is 3. The fraction of sp³-hybridized carbons (Fsp3) is 0.849. The minimum absolute atomic E-state index is 0.0698. The number of hydrogen-bond donors (Lipinski definition) is 0. The quantitative estimate of drug-likeness (QED) is 0.0261. The van der Waals surface area contributed by atoms with Crippen LogP contribution in [0.1, 0.15) is 380 Å². The third kappa shape index (κ3) is 66.1. The Morgan fingerprint density at radius 2 is 0.456 bits per heavy atom. The van der Waals surface area contributed by atoms with Crippen molar-refractivity contribution < 1.29 is 28.6 Å². The van der Waals surface area contributed by atoms with E-state index in [-0.39, 0.29) is 31.1 Å². The first-order chi connectivity index (χ1) is 39.0. The second-order valence-corrected chi connectivity index (χ2v) is 23.8. The summed E-state index contributed by atoms with van der Waals surface area (Å²) in [5.41, 5.74) is 0. The molecule has 79 heavy (non-hydrogen) atoms. The van der Waals surface area contributed by atoms with Crippen LogP contribution in [-0.2, 0) is 28.6 Å². The number of rotatable bonds is 65. The topological polar surface area (TPSA) is 78.9 Å². The largest absolute Gasteiger partial charge is 0.462 e. The maximum Gasteiger partial charge on any atom is 0.306 e. The van der Waals surface area contributed by atoms with Crippen LogP contribution in [0.4, 0.5) is 0 Å². The third-order valence-electron chi connectivity index (χ3n) is 15.8. The number of esters is 3. The second kappa shape index (κ2) is 67.9. The molecule has 0 fully saturated rings. The molecule has 0 aromatic heterocycles. The number of allylic oxidation sites excluding steroid dienone is 8. The summed E-state index contributed by atoms with van der Waals surface area (Å²) >= 11 is 0. The van der Waals surface area contributed by atoms with E-state index in [1.54, 1.807) is 0 Å². The van der Waals surface area contributed by atoms with Crippen LogP contribution in [0.25, 0.3) is 0 Å². The Balaban J connectivity index is 4.08. The van der Waals surface area contributed by atoms with Crippen molar-refractivity contribution in [1.29, 1.82) is 0 Å². The Morgan fingerprint density at radius 1 is 0.253 bits per heavy atom. The average molecular weight is 1110 g/mol. The number of carbonyl (C=O) groups is 3. The van der Waals surface area contributed by atoms with E-state index in [4.69, 9.17) is 14.2 Å². The van der Waals surface area contributed by atoms with E-state index in [1.807, 2.05) is 0 Å². The van der Waals surface area contributed by atoms with Crippen molar-refractivity contribution in [2.45, 2.75) is 386 Å². The van der Waals surface area contributed by atoms with Crippen LogP contribution in [0.5, 0.6) is 0 Å². The molecule has 1 unspecified atom stereocenters. The highest BCUT2D eigenvalue weighted by molar-refractivity contribution is 5.71. The lowest BCUT2D eigenvalue weighted by Crippen LogP contribution is -2.30. The van der Waals surface area contributed by atoms with Gasteiger partial charge < -0.3 is 14.2 Å². The van der Waals surface area contributed by atoms with Gasteiger partial charge in [0.05, 0.1) is 0 Å². The molecule has 0 radical (unpaired) electrons. The summed E-state index contributed by atoms with van der Waals surface area (Å²) in [6.07, 6.45) is 85.8. The molecule has 0 N–H and O–H groups in total. The summed E-state index contributed by atoms with van der Waals surface area (Å²) in [6.45, 7) is 6.65. The smallest absolute Gasteiger partial charge is 0.306 e. The van der Waals surface area contributed by atoms with Crippen molar-refractivity contribution in [2.24, 2.45) is 0 Å². The fourth-order valence-corrected chi connectivity index (χ4v) is 10.5. The van der Waals surface area contributed by atoms with Crippen LogP contribution in [0.2, 0.25) is 0 Å². The zero-order valence-corrected chi connectivity index (χ0v) is 53.2. The fourth-order valence-electron chi connectivity index (χ4n) is 10.5. The van der Waals surface area contributed by atoms with E-state index in [0.29, 0.717) is 19.3 Å². The van der Waals surface area contributed by atoms with Gasteiger partial charge in [-0.1, -0.05) is 326 Å². The van der Waals surface area contributed by atoms with Crippen molar-refractivity contribution in [3.8, 4) is 0 Å². The van der Waals surface area contributed by atoms with Gasteiger partial charge in [-0.3, -0.25) is 14.4 Å². The van der Waals surface area contributed by atoms with Gasteiger partial charge in [-0.25, -0.2) is 0 Å². The molecule has 0 aromatic rings. The van der Waals surface area contributed by atoms with Crippen molar-refractivity contribution in [3.05, 3.63) is 48.6 Å². The molecule has 0 aliphatic heterocycles. The zero-order chi connectivity index (χ0) is 57.1. The number of hydrogen-bond acceptors (Lipinski definition) is 6. The van der Waals surface area contributed by atoms with E-state index in [0.717, 1.165) is 70.6 Å². The Hall–Kier alpha value is -2.63. The standard InChI is InChI=1S/C73H134O6/c1-4-7-10-13-16-19-21-23-25-27-29-31-32-33-34-35-36-37-38-39-40-42-43-45-47-49-51-54-57-60-63-66-72(75)78-69-70(68-77-71(74)65-62-59-56-53-18-15-12-9-6-3)79-73(76)67-64-61-58-55-52-50-48-46-44-41-30-28-26-24-22-20-17-14-11-8-5-2/h21-24,27-30,70H,4-20,25-26,31-69H2,1-3H3/b23-21-,24-22-,29-27-,30-28-. The van der Waals surface area contributed by atoms with Crippen LogP contribution in [0.3, 0.4) is 0 Å². The van der Waals surface area contributed by atoms with Crippen LogP contribution in [0, 0.1) is 0 Å². The first kappa shape index (κ1) is 76.4. The molecule has 0 rings (SSSR count). The Kier molecular flexibility index (Phi) is 65.6. The van der Waals surface area contributed by atoms with Crippen molar-refractivity contribution >= 4 is 17.9 Å². The molecule has 6 nitrogen and oxygen atoms in total. The molecular weight excluding hydrogens is 973 g/mol. The van der Waals surface area contributed by atoms with E-state index >= 15 is 0 Å². The highest BCUT2D eigenvalue weighted by atomic mass is 16.6. The minimum atomic E-state index is -0.772. The molecule has 0 saturated carbocycles. The lowest BCUT2D eigenvalue weighted by atomic mass is 10.0. The van der Waals surface area contributed by atoms with Gasteiger partial charge in [0.2, 0.25) is 0 Å². The molecule has 1 atom stereocenters. The normalized spacial score (nSPS) is 12.3. The highest BCUT2D eigenvalue weighted by Crippen LogP contribution is 2.18. The van der Waals surface area contributed by atoms with Crippen molar-refractivity contribution in [2.75, 3.05) is 13.2 Å².